The maximum Gasteiger partial charge on any atom is 0.145 e. The molecule has 3 heterocycles. The van der Waals surface area contributed by atoms with Crippen LogP contribution in [0.4, 0.5) is 21.6 Å². The Morgan fingerprint density at radius 1 is 1.09 bits per heavy atom. The van der Waals surface area contributed by atoms with Crippen molar-refractivity contribution in [1.82, 2.24) is 19.8 Å². The molecular weight excluding hydrogens is 467 g/mol. The summed E-state index contributed by atoms with van der Waals surface area (Å²) in [5.74, 6) is 0.929. The molecule has 2 aliphatic rings. The van der Waals surface area contributed by atoms with E-state index in [1.54, 1.807) is 18.5 Å². The number of hydrogen-bond donors (Lipinski definition) is 1. The lowest BCUT2D eigenvalue weighted by Gasteiger charge is -2.30. The predicted octanol–water partition coefficient (Wildman–Crippen LogP) is 4.78. The molecule has 0 aliphatic carbocycles. The third-order valence-electron chi connectivity index (χ3n) is 7.09. The van der Waals surface area contributed by atoms with Crippen molar-refractivity contribution in [1.29, 1.82) is 0 Å². The Bertz CT molecular complexity index is 1200. The second-order valence-corrected chi connectivity index (χ2v) is 10.2. The summed E-state index contributed by atoms with van der Waals surface area (Å²) in [6.45, 7) is 3.98. The molecule has 0 radical (unpaired) electrons. The van der Waals surface area contributed by atoms with E-state index in [9.17, 15) is 4.39 Å². The number of aromatic nitrogens is 2. The van der Waals surface area contributed by atoms with Crippen LogP contribution >= 0.6 is 11.6 Å². The van der Waals surface area contributed by atoms with E-state index in [2.05, 4.69) is 63.3 Å². The first-order valence-electron chi connectivity index (χ1n) is 12.1. The van der Waals surface area contributed by atoms with Gasteiger partial charge in [-0.1, -0.05) is 11.6 Å². The lowest BCUT2D eigenvalue weighted by atomic mass is 10.1. The average molecular weight is 499 g/mol. The highest BCUT2D eigenvalue weighted by atomic mass is 35.5. The first-order chi connectivity index (χ1) is 16.9. The van der Waals surface area contributed by atoms with Crippen molar-refractivity contribution in [2.24, 2.45) is 0 Å². The fourth-order valence-corrected chi connectivity index (χ4v) is 5.08. The number of ether oxygens (including phenoxy) is 1. The monoisotopic (exact) mass is 498 g/mol. The SMILES string of the molecule is CN1CCC(Oc2cc(N3CC[C@@H](N(C)C)C3)cc3ncnc(Nc4ccc(F)c(Cl)c4)c23)CC1. The van der Waals surface area contributed by atoms with Gasteiger partial charge in [0.1, 0.15) is 29.8 Å². The Labute approximate surface area is 210 Å². The Morgan fingerprint density at radius 2 is 1.89 bits per heavy atom. The topological polar surface area (TPSA) is 56.8 Å². The highest BCUT2D eigenvalue weighted by molar-refractivity contribution is 6.31. The third kappa shape index (κ3) is 5.29. The predicted molar refractivity (Wildman–Crippen MR) is 140 cm³/mol. The van der Waals surface area contributed by atoms with Crippen LogP contribution in [0.3, 0.4) is 0 Å². The molecule has 0 unspecified atom stereocenters. The number of anilines is 3. The lowest BCUT2D eigenvalue weighted by molar-refractivity contribution is 0.116. The second-order valence-electron chi connectivity index (χ2n) is 9.79. The molecule has 5 rings (SSSR count). The summed E-state index contributed by atoms with van der Waals surface area (Å²) in [4.78, 5) is 16.1. The van der Waals surface area contributed by atoms with Crippen molar-refractivity contribution in [3.63, 3.8) is 0 Å². The van der Waals surface area contributed by atoms with Gasteiger partial charge in [-0.3, -0.25) is 0 Å². The molecule has 0 saturated carbocycles. The Balaban J connectivity index is 1.53. The van der Waals surface area contributed by atoms with Crippen LogP contribution in [0.1, 0.15) is 19.3 Å². The standard InChI is InChI=1S/C26H32ClFN6O/c1-32(2)18-6-11-34(15-18)19-13-23-25(24(14-19)35-20-7-9-33(3)10-8-20)26(30-16-29-23)31-17-4-5-22(28)21(27)12-17/h4-5,12-14,16,18,20H,6-11,15H2,1-3H3,(H,29,30,31)/t18-/m1/s1. The molecule has 2 saturated heterocycles. The van der Waals surface area contributed by atoms with E-state index in [0.717, 1.165) is 67.8 Å². The first kappa shape index (κ1) is 24.0. The first-order valence-corrected chi connectivity index (χ1v) is 12.5. The van der Waals surface area contributed by atoms with Gasteiger partial charge in [-0.15, -0.1) is 0 Å². The van der Waals surface area contributed by atoms with Crippen molar-refractivity contribution in [3.05, 3.63) is 47.5 Å². The van der Waals surface area contributed by atoms with Crippen LogP contribution in [-0.4, -0.2) is 79.2 Å². The number of halogens is 2. The number of rotatable bonds is 6. The minimum atomic E-state index is -0.456. The summed E-state index contributed by atoms with van der Waals surface area (Å²) >= 11 is 6.01. The van der Waals surface area contributed by atoms with Crippen molar-refractivity contribution in [3.8, 4) is 5.75 Å². The summed E-state index contributed by atoms with van der Waals surface area (Å²) in [5, 5.41) is 4.18. The lowest BCUT2D eigenvalue weighted by Crippen LogP contribution is -2.35. The zero-order valence-electron chi connectivity index (χ0n) is 20.5. The molecule has 2 fully saturated rings. The number of fused-ring (bicyclic) bond motifs is 1. The van der Waals surface area contributed by atoms with Gasteiger partial charge in [0.05, 0.1) is 15.9 Å². The highest BCUT2D eigenvalue weighted by Gasteiger charge is 2.27. The van der Waals surface area contributed by atoms with E-state index in [1.165, 1.54) is 6.07 Å². The van der Waals surface area contributed by atoms with Crippen LogP contribution in [0.5, 0.6) is 5.75 Å². The maximum absolute atomic E-state index is 13.7. The van der Waals surface area contributed by atoms with Crippen LogP contribution < -0.4 is 15.0 Å². The summed E-state index contributed by atoms with van der Waals surface area (Å²) < 4.78 is 20.3. The van der Waals surface area contributed by atoms with Crippen LogP contribution in [0.25, 0.3) is 10.9 Å². The number of nitrogens with zero attached hydrogens (tertiary/aromatic N) is 5. The van der Waals surface area contributed by atoms with Crippen molar-refractivity contribution in [2.45, 2.75) is 31.4 Å². The second kappa shape index (κ2) is 10.1. The average Bonchev–Trinajstić information content (AvgIpc) is 3.34. The molecule has 186 valence electrons. The van der Waals surface area contributed by atoms with E-state index in [1.807, 2.05) is 0 Å². The fourth-order valence-electron chi connectivity index (χ4n) is 4.90. The van der Waals surface area contributed by atoms with Crippen LogP contribution in [0, 0.1) is 5.82 Å². The molecule has 2 aromatic carbocycles. The maximum atomic E-state index is 13.7. The van der Waals surface area contributed by atoms with E-state index in [-0.39, 0.29) is 11.1 Å². The molecule has 1 N–H and O–H groups in total. The van der Waals surface area contributed by atoms with Crippen LogP contribution in [-0.2, 0) is 0 Å². The number of benzene rings is 2. The zero-order chi connectivity index (χ0) is 24.5. The molecule has 0 spiro atoms. The molecule has 2 aliphatic heterocycles. The Kier molecular flexibility index (Phi) is 6.95. The van der Waals surface area contributed by atoms with Crippen molar-refractivity contribution < 1.29 is 9.13 Å². The van der Waals surface area contributed by atoms with Gasteiger partial charge in [-0.25, -0.2) is 14.4 Å². The summed E-state index contributed by atoms with van der Waals surface area (Å²) in [6.07, 6.45) is 4.74. The summed E-state index contributed by atoms with van der Waals surface area (Å²) in [5.41, 5.74) is 2.57. The number of hydrogen-bond acceptors (Lipinski definition) is 7. The number of likely N-dealkylation sites (tertiary alicyclic amines) is 1. The van der Waals surface area contributed by atoms with Gasteiger partial charge in [0.2, 0.25) is 0 Å². The van der Waals surface area contributed by atoms with Gasteiger partial charge in [0, 0.05) is 49.7 Å². The quantitative estimate of drug-likeness (QED) is 0.525. The molecule has 1 atom stereocenters. The van der Waals surface area contributed by atoms with E-state index in [0.29, 0.717) is 17.5 Å². The molecule has 9 heteroatoms. The molecular formula is C26H32ClFN6O. The third-order valence-corrected chi connectivity index (χ3v) is 7.38. The number of likely N-dealkylation sites (N-methyl/N-ethyl adjacent to an activating group) is 1. The smallest absolute Gasteiger partial charge is 0.145 e. The van der Waals surface area contributed by atoms with Crippen molar-refractivity contribution in [2.75, 3.05) is 57.5 Å². The molecule has 0 amide bonds. The van der Waals surface area contributed by atoms with Gasteiger partial charge < -0.3 is 24.8 Å². The highest BCUT2D eigenvalue weighted by Crippen LogP contribution is 2.38. The molecule has 35 heavy (non-hydrogen) atoms. The Morgan fingerprint density at radius 3 is 2.60 bits per heavy atom. The van der Waals surface area contributed by atoms with Gasteiger partial charge in [-0.2, -0.15) is 0 Å². The van der Waals surface area contributed by atoms with E-state index >= 15 is 0 Å². The van der Waals surface area contributed by atoms with E-state index in [4.69, 9.17) is 16.3 Å². The molecule has 7 nitrogen and oxygen atoms in total. The van der Waals surface area contributed by atoms with Gasteiger partial charge >= 0.3 is 0 Å². The van der Waals surface area contributed by atoms with Gasteiger partial charge in [0.25, 0.3) is 0 Å². The number of nitrogens with one attached hydrogen (secondary N) is 1. The summed E-state index contributed by atoms with van der Waals surface area (Å²) in [7, 11) is 6.41. The fraction of sp³-hybridized carbons (Fsp3) is 0.462. The minimum absolute atomic E-state index is 0.0583. The Hall–Kier alpha value is -2.68. The molecule has 0 bridgehead atoms. The molecule has 3 aromatic rings. The van der Waals surface area contributed by atoms with Gasteiger partial charge in [0.15, 0.2) is 0 Å². The zero-order valence-corrected chi connectivity index (χ0v) is 21.2. The van der Waals surface area contributed by atoms with Crippen molar-refractivity contribution >= 4 is 39.7 Å². The normalized spacial score (nSPS) is 19.6. The number of piperidine rings is 1. The summed E-state index contributed by atoms with van der Waals surface area (Å²) in [6, 6.07) is 9.31. The van der Waals surface area contributed by atoms with Gasteiger partial charge in [-0.05, 0) is 64.7 Å². The largest absolute Gasteiger partial charge is 0.489 e. The molecule has 1 aromatic heterocycles. The van der Waals surface area contributed by atoms with E-state index < -0.39 is 5.82 Å². The van der Waals surface area contributed by atoms with Crippen LogP contribution in [0.15, 0.2) is 36.7 Å². The minimum Gasteiger partial charge on any atom is -0.489 e. The van der Waals surface area contributed by atoms with Crippen LogP contribution in [0.2, 0.25) is 5.02 Å².